The summed E-state index contributed by atoms with van der Waals surface area (Å²) in [5, 5.41) is 0.950. The maximum absolute atomic E-state index is 13.5. The zero-order valence-electron chi connectivity index (χ0n) is 18.8. The van der Waals surface area contributed by atoms with Crippen molar-refractivity contribution in [3.05, 3.63) is 63.6 Å². The number of benzene rings is 2. The average molecular weight is 514 g/mol. The van der Waals surface area contributed by atoms with Crippen LogP contribution in [0.5, 0.6) is 5.75 Å². The van der Waals surface area contributed by atoms with Crippen LogP contribution < -0.4 is 4.74 Å². The van der Waals surface area contributed by atoms with Crippen molar-refractivity contribution >= 4 is 29.0 Å². The summed E-state index contributed by atoms with van der Waals surface area (Å²) in [6.45, 7) is 1.62. The Kier molecular flexibility index (Phi) is 7.80. The standard InChI is InChI=1S/C26H28Cl2F3NO2/c27-22-10-7-19(16-23(22)28)25(12-3-13-25)24(33)17-32-14-2-1-4-20(32)11-15-34-21-8-5-18(6-9-21)26(29,30)31/h5-10,16,20H,1-4,11-15,17H2. The number of Topliss-reactive ketones (excluding diaryl/α,β-unsaturated/α-hetero) is 1. The van der Waals surface area contributed by atoms with E-state index >= 15 is 0 Å². The van der Waals surface area contributed by atoms with Crippen molar-refractivity contribution in [2.24, 2.45) is 0 Å². The van der Waals surface area contributed by atoms with Gasteiger partial charge in [-0.3, -0.25) is 9.69 Å². The van der Waals surface area contributed by atoms with Crippen LogP contribution in [0.3, 0.4) is 0 Å². The average Bonchev–Trinajstić information content (AvgIpc) is 2.76. The van der Waals surface area contributed by atoms with E-state index in [9.17, 15) is 18.0 Å². The van der Waals surface area contributed by atoms with E-state index < -0.39 is 17.2 Å². The Balaban J connectivity index is 1.36. The first-order valence-corrected chi connectivity index (χ1v) is 12.5. The van der Waals surface area contributed by atoms with Gasteiger partial charge in [0, 0.05) is 6.04 Å². The van der Waals surface area contributed by atoms with Gasteiger partial charge in [0.1, 0.15) is 5.75 Å². The van der Waals surface area contributed by atoms with Gasteiger partial charge in [-0.2, -0.15) is 13.2 Å². The van der Waals surface area contributed by atoms with E-state index in [1.165, 1.54) is 12.1 Å². The molecule has 0 bridgehead atoms. The lowest BCUT2D eigenvalue weighted by Crippen LogP contribution is -2.51. The summed E-state index contributed by atoms with van der Waals surface area (Å²) in [7, 11) is 0. The Bertz CT molecular complexity index is 1010. The Hall–Kier alpha value is -1.76. The number of nitrogens with zero attached hydrogens (tertiary/aromatic N) is 1. The van der Waals surface area contributed by atoms with Crippen LogP contribution in [0.2, 0.25) is 10.0 Å². The molecule has 4 rings (SSSR count). The Morgan fingerprint density at radius 2 is 1.76 bits per heavy atom. The smallest absolute Gasteiger partial charge is 0.416 e. The zero-order valence-corrected chi connectivity index (χ0v) is 20.4. The number of hydrogen-bond donors (Lipinski definition) is 0. The number of ether oxygens (including phenoxy) is 1. The molecule has 0 aromatic heterocycles. The van der Waals surface area contributed by atoms with Crippen molar-refractivity contribution < 1.29 is 22.7 Å². The second-order valence-electron chi connectivity index (χ2n) is 9.27. The van der Waals surface area contributed by atoms with Gasteiger partial charge >= 0.3 is 6.18 Å². The van der Waals surface area contributed by atoms with Crippen molar-refractivity contribution in [1.29, 1.82) is 0 Å². The molecule has 0 amide bonds. The number of alkyl halides is 3. The summed E-state index contributed by atoms with van der Waals surface area (Å²) in [5.41, 5.74) is -0.242. The number of piperidine rings is 1. The number of rotatable bonds is 8. The highest BCUT2D eigenvalue weighted by Crippen LogP contribution is 2.46. The largest absolute Gasteiger partial charge is 0.494 e. The molecule has 1 saturated heterocycles. The molecule has 1 aliphatic heterocycles. The summed E-state index contributed by atoms with van der Waals surface area (Å²) < 4.78 is 43.9. The molecule has 0 N–H and O–H groups in total. The lowest BCUT2D eigenvalue weighted by atomic mass is 9.61. The molecule has 1 unspecified atom stereocenters. The van der Waals surface area contributed by atoms with Crippen LogP contribution in [0.15, 0.2) is 42.5 Å². The fourth-order valence-electron chi connectivity index (χ4n) is 5.04. The summed E-state index contributed by atoms with van der Waals surface area (Å²) in [5.74, 6) is 0.632. The van der Waals surface area contributed by atoms with Gasteiger partial charge in [0.2, 0.25) is 0 Å². The van der Waals surface area contributed by atoms with E-state index in [-0.39, 0.29) is 11.8 Å². The van der Waals surface area contributed by atoms with Crippen LogP contribution in [0.1, 0.15) is 56.1 Å². The molecule has 0 spiro atoms. The first kappa shape index (κ1) is 25.3. The fourth-order valence-corrected chi connectivity index (χ4v) is 5.33. The SMILES string of the molecule is O=C(CN1CCCCC1CCOc1ccc(C(F)(F)F)cc1)C1(c2ccc(Cl)c(Cl)c2)CCC1. The number of carbonyl (C=O) groups is 1. The van der Waals surface area contributed by atoms with Gasteiger partial charge in [0.25, 0.3) is 0 Å². The van der Waals surface area contributed by atoms with Crippen LogP contribution in [-0.4, -0.2) is 36.4 Å². The maximum atomic E-state index is 13.5. The van der Waals surface area contributed by atoms with Crippen LogP contribution in [0.4, 0.5) is 13.2 Å². The topological polar surface area (TPSA) is 29.5 Å². The molecular formula is C26H28Cl2F3NO2. The van der Waals surface area contributed by atoms with Gasteiger partial charge in [-0.25, -0.2) is 0 Å². The maximum Gasteiger partial charge on any atom is 0.416 e. The van der Waals surface area contributed by atoms with Crippen molar-refractivity contribution in [3.63, 3.8) is 0 Å². The zero-order chi connectivity index (χ0) is 24.3. The van der Waals surface area contributed by atoms with Crippen LogP contribution in [0.25, 0.3) is 0 Å². The number of likely N-dealkylation sites (tertiary alicyclic amines) is 1. The second kappa shape index (κ2) is 10.5. The molecule has 3 nitrogen and oxygen atoms in total. The van der Waals surface area contributed by atoms with E-state index in [1.54, 1.807) is 6.07 Å². The molecule has 1 saturated carbocycles. The predicted molar refractivity (Wildman–Crippen MR) is 128 cm³/mol. The molecule has 1 atom stereocenters. The van der Waals surface area contributed by atoms with E-state index in [1.807, 2.05) is 12.1 Å². The highest BCUT2D eigenvalue weighted by Gasteiger charge is 2.46. The lowest BCUT2D eigenvalue weighted by molar-refractivity contribution is -0.137. The minimum Gasteiger partial charge on any atom is -0.494 e. The molecule has 2 aromatic carbocycles. The summed E-state index contributed by atoms with van der Waals surface area (Å²) in [6, 6.07) is 10.5. The molecule has 34 heavy (non-hydrogen) atoms. The van der Waals surface area contributed by atoms with Gasteiger partial charge in [-0.15, -0.1) is 0 Å². The Morgan fingerprint density at radius 3 is 2.38 bits per heavy atom. The molecule has 1 aliphatic carbocycles. The number of hydrogen-bond acceptors (Lipinski definition) is 3. The summed E-state index contributed by atoms with van der Waals surface area (Å²) in [6.07, 6.45) is 2.12. The van der Waals surface area contributed by atoms with E-state index in [4.69, 9.17) is 27.9 Å². The third kappa shape index (κ3) is 5.55. The van der Waals surface area contributed by atoms with Gasteiger partial charge in [0.15, 0.2) is 5.78 Å². The molecule has 0 radical (unpaired) electrons. The van der Waals surface area contributed by atoms with Crippen LogP contribution >= 0.6 is 23.2 Å². The Labute approximate surface area is 208 Å². The highest BCUT2D eigenvalue weighted by atomic mass is 35.5. The van der Waals surface area contributed by atoms with E-state index in [0.717, 1.165) is 62.8 Å². The molecule has 184 valence electrons. The summed E-state index contributed by atoms with van der Waals surface area (Å²) in [4.78, 5) is 15.8. The minimum absolute atomic E-state index is 0.207. The quantitative estimate of drug-likeness (QED) is 0.370. The molecule has 8 heteroatoms. The normalized spacial score (nSPS) is 20.6. The van der Waals surface area contributed by atoms with Gasteiger partial charge < -0.3 is 4.74 Å². The predicted octanol–water partition coefficient (Wildman–Crippen LogP) is 7.33. The van der Waals surface area contributed by atoms with Gasteiger partial charge in [0.05, 0.1) is 34.2 Å². The van der Waals surface area contributed by atoms with Crippen molar-refractivity contribution in [1.82, 2.24) is 4.90 Å². The van der Waals surface area contributed by atoms with Crippen molar-refractivity contribution in [3.8, 4) is 5.75 Å². The van der Waals surface area contributed by atoms with E-state index in [2.05, 4.69) is 4.90 Å². The van der Waals surface area contributed by atoms with Crippen LogP contribution in [-0.2, 0) is 16.4 Å². The highest BCUT2D eigenvalue weighted by molar-refractivity contribution is 6.42. The summed E-state index contributed by atoms with van der Waals surface area (Å²) >= 11 is 12.3. The molecular weight excluding hydrogens is 486 g/mol. The first-order chi connectivity index (χ1) is 16.2. The third-order valence-electron chi connectivity index (χ3n) is 7.21. The van der Waals surface area contributed by atoms with Gasteiger partial charge in [-0.05, 0) is 80.6 Å². The molecule has 2 fully saturated rings. The number of carbonyl (C=O) groups excluding carboxylic acids is 1. The molecule has 2 aliphatic rings. The number of halogens is 5. The fraction of sp³-hybridized carbons (Fsp3) is 0.500. The third-order valence-corrected chi connectivity index (χ3v) is 7.95. The van der Waals surface area contributed by atoms with E-state index in [0.29, 0.717) is 35.4 Å². The van der Waals surface area contributed by atoms with Crippen LogP contribution in [0, 0.1) is 0 Å². The second-order valence-corrected chi connectivity index (χ2v) is 10.1. The number of ketones is 1. The minimum atomic E-state index is -4.36. The monoisotopic (exact) mass is 513 g/mol. The lowest BCUT2D eigenvalue weighted by Gasteiger charge is -2.44. The Morgan fingerprint density at radius 1 is 1.03 bits per heavy atom. The molecule has 2 aromatic rings. The van der Waals surface area contributed by atoms with Crippen molar-refractivity contribution in [2.45, 2.75) is 62.6 Å². The first-order valence-electron chi connectivity index (χ1n) is 11.7. The van der Waals surface area contributed by atoms with Crippen molar-refractivity contribution in [2.75, 3.05) is 19.7 Å². The molecule has 1 heterocycles. The van der Waals surface area contributed by atoms with Gasteiger partial charge in [-0.1, -0.05) is 42.1 Å².